The Morgan fingerprint density at radius 2 is 2.33 bits per heavy atom. The lowest BCUT2D eigenvalue weighted by atomic mass is 10.5. The zero-order chi connectivity index (χ0) is 9.19. The van der Waals surface area contributed by atoms with Crippen LogP contribution in [0.25, 0.3) is 0 Å². The Kier molecular flexibility index (Phi) is 2.38. The quantitative estimate of drug-likeness (QED) is 0.687. The molecule has 0 radical (unpaired) electrons. The molecule has 66 valence electrons. The van der Waals surface area contributed by atoms with Crippen molar-refractivity contribution in [1.29, 1.82) is 0 Å². The van der Waals surface area contributed by atoms with Gasteiger partial charge in [-0.1, -0.05) is 4.49 Å². The van der Waals surface area contributed by atoms with Crippen LogP contribution in [-0.4, -0.2) is 30.2 Å². The van der Waals surface area contributed by atoms with Gasteiger partial charge in [0.25, 0.3) is 5.91 Å². The first-order valence-electron chi connectivity index (χ1n) is 2.78. The number of nitrogens with one attached hydrogen (secondary N) is 1. The third-order valence-electron chi connectivity index (χ3n) is 0.863. The predicted molar refractivity (Wildman–Crippen MR) is 42.2 cm³/mol. The molecule has 0 fully saturated rings. The van der Waals surface area contributed by atoms with Crippen molar-refractivity contribution < 1.29 is 13.2 Å². The van der Waals surface area contributed by atoms with Gasteiger partial charge < -0.3 is 0 Å². The van der Waals surface area contributed by atoms with E-state index < -0.39 is 15.9 Å². The molecule has 0 unspecified atom stereocenters. The van der Waals surface area contributed by atoms with Gasteiger partial charge in [0.15, 0.2) is 0 Å². The largest absolute Gasteiger partial charge is 0.278 e. The molecule has 12 heavy (non-hydrogen) atoms. The Balaban J connectivity index is 2.76. The first-order chi connectivity index (χ1) is 5.49. The van der Waals surface area contributed by atoms with Gasteiger partial charge in [-0.3, -0.25) is 4.79 Å². The van der Waals surface area contributed by atoms with E-state index in [0.717, 1.165) is 17.8 Å². The van der Waals surface area contributed by atoms with Crippen molar-refractivity contribution in [3.05, 3.63) is 11.1 Å². The summed E-state index contributed by atoms with van der Waals surface area (Å²) in [5.41, 5.74) is 0. The van der Waals surface area contributed by atoms with Crippen LogP contribution < -0.4 is 4.72 Å². The molecular weight excluding hydrogens is 202 g/mol. The number of sulfonamides is 1. The molecule has 0 aliphatic rings. The monoisotopic (exact) mass is 207 g/mol. The standard InChI is InChI=1S/C4H5N3O3S2/c1-12(9,10)6-4(8)3-2-5-7-11-3/h2H,1H3,(H,6,8). The van der Waals surface area contributed by atoms with Crippen LogP contribution in [-0.2, 0) is 10.0 Å². The van der Waals surface area contributed by atoms with Crippen LogP contribution in [0, 0.1) is 0 Å². The Morgan fingerprint density at radius 1 is 1.67 bits per heavy atom. The fourth-order valence-electron chi connectivity index (χ4n) is 0.486. The van der Waals surface area contributed by atoms with E-state index >= 15 is 0 Å². The molecule has 1 aromatic heterocycles. The summed E-state index contributed by atoms with van der Waals surface area (Å²) in [6.45, 7) is 0. The molecule has 1 aromatic rings. The molecule has 0 saturated heterocycles. The number of rotatable bonds is 2. The molecule has 0 bridgehead atoms. The molecule has 1 N–H and O–H groups in total. The molecule has 8 heteroatoms. The number of hydrogen-bond donors (Lipinski definition) is 1. The van der Waals surface area contributed by atoms with Gasteiger partial charge in [-0.25, -0.2) is 13.1 Å². The van der Waals surface area contributed by atoms with E-state index in [2.05, 4.69) is 9.59 Å². The summed E-state index contributed by atoms with van der Waals surface area (Å²) >= 11 is 0.834. The zero-order valence-corrected chi connectivity index (χ0v) is 7.65. The highest BCUT2D eigenvalue weighted by Crippen LogP contribution is 2.01. The highest BCUT2D eigenvalue weighted by Gasteiger charge is 2.12. The molecule has 0 saturated carbocycles. The number of aromatic nitrogens is 2. The van der Waals surface area contributed by atoms with E-state index in [1.165, 1.54) is 6.20 Å². The van der Waals surface area contributed by atoms with Crippen molar-refractivity contribution in [2.75, 3.05) is 6.26 Å². The minimum Gasteiger partial charge on any atom is -0.267 e. The van der Waals surface area contributed by atoms with Crippen LogP contribution in [0.5, 0.6) is 0 Å². The minimum atomic E-state index is -3.50. The van der Waals surface area contributed by atoms with Gasteiger partial charge in [-0.05, 0) is 11.5 Å². The van der Waals surface area contributed by atoms with Crippen LogP contribution in [0.3, 0.4) is 0 Å². The van der Waals surface area contributed by atoms with E-state index in [0.29, 0.717) is 0 Å². The zero-order valence-electron chi connectivity index (χ0n) is 6.01. The third-order valence-corrected chi connectivity index (χ3v) is 2.08. The SMILES string of the molecule is CS(=O)(=O)NC(=O)c1cnns1. The van der Waals surface area contributed by atoms with Crippen molar-refractivity contribution in [1.82, 2.24) is 14.3 Å². The van der Waals surface area contributed by atoms with E-state index in [1.54, 1.807) is 4.72 Å². The first-order valence-corrected chi connectivity index (χ1v) is 5.45. The summed E-state index contributed by atoms with van der Waals surface area (Å²) in [7, 11) is -3.50. The van der Waals surface area contributed by atoms with E-state index in [1.807, 2.05) is 0 Å². The third kappa shape index (κ3) is 2.55. The summed E-state index contributed by atoms with van der Waals surface area (Å²) in [5.74, 6) is -0.701. The Bertz CT molecular complexity index is 368. The van der Waals surface area contributed by atoms with Crippen molar-refractivity contribution in [2.45, 2.75) is 0 Å². The molecule has 0 aliphatic heterocycles. The van der Waals surface area contributed by atoms with Crippen LogP contribution >= 0.6 is 11.5 Å². The van der Waals surface area contributed by atoms with Gasteiger partial charge >= 0.3 is 0 Å². The summed E-state index contributed by atoms with van der Waals surface area (Å²) in [6.07, 6.45) is 2.10. The summed E-state index contributed by atoms with van der Waals surface area (Å²) < 4.78 is 26.3. The highest BCUT2D eigenvalue weighted by molar-refractivity contribution is 7.89. The first kappa shape index (κ1) is 9.07. The average molecular weight is 207 g/mol. The highest BCUT2D eigenvalue weighted by atomic mass is 32.2. The number of carbonyl (C=O) groups excluding carboxylic acids is 1. The molecule has 1 rings (SSSR count). The van der Waals surface area contributed by atoms with E-state index in [-0.39, 0.29) is 4.88 Å². The number of amides is 1. The normalized spacial score (nSPS) is 11.1. The summed E-state index contributed by atoms with van der Waals surface area (Å²) in [6, 6.07) is 0. The lowest BCUT2D eigenvalue weighted by Crippen LogP contribution is -2.28. The number of hydrogen-bond acceptors (Lipinski definition) is 6. The van der Waals surface area contributed by atoms with Crippen LogP contribution in [0.4, 0.5) is 0 Å². The number of carbonyl (C=O) groups is 1. The lowest BCUT2D eigenvalue weighted by molar-refractivity contribution is 0.0985. The fourth-order valence-corrected chi connectivity index (χ4v) is 1.41. The molecule has 0 aromatic carbocycles. The fraction of sp³-hybridized carbons (Fsp3) is 0.250. The molecule has 0 spiro atoms. The number of nitrogens with zero attached hydrogens (tertiary/aromatic N) is 2. The molecule has 0 atom stereocenters. The van der Waals surface area contributed by atoms with Gasteiger partial charge in [-0.15, -0.1) is 5.10 Å². The van der Waals surface area contributed by atoms with Gasteiger partial charge in [0.05, 0.1) is 12.5 Å². The lowest BCUT2D eigenvalue weighted by Gasteiger charge is -1.96. The van der Waals surface area contributed by atoms with Gasteiger partial charge in [0.2, 0.25) is 10.0 Å². The van der Waals surface area contributed by atoms with Crippen molar-refractivity contribution >= 4 is 27.5 Å². The van der Waals surface area contributed by atoms with Crippen molar-refractivity contribution in [2.24, 2.45) is 0 Å². The maximum Gasteiger partial charge on any atom is 0.278 e. The van der Waals surface area contributed by atoms with Gasteiger partial charge in [-0.2, -0.15) is 0 Å². The van der Waals surface area contributed by atoms with Crippen LogP contribution in [0.1, 0.15) is 9.67 Å². The Labute approximate surface area is 72.8 Å². The summed E-state index contributed by atoms with van der Waals surface area (Å²) in [4.78, 5) is 11.1. The maximum atomic E-state index is 11.0. The smallest absolute Gasteiger partial charge is 0.267 e. The van der Waals surface area contributed by atoms with Gasteiger partial charge in [0.1, 0.15) is 4.88 Å². The molecular formula is C4H5N3O3S2. The minimum absolute atomic E-state index is 0.167. The van der Waals surface area contributed by atoms with Crippen molar-refractivity contribution in [3.8, 4) is 0 Å². The van der Waals surface area contributed by atoms with Crippen LogP contribution in [0.2, 0.25) is 0 Å². The second-order valence-corrected chi connectivity index (χ2v) is 4.52. The second kappa shape index (κ2) is 3.15. The molecule has 0 aliphatic carbocycles. The Hall–Kier alpha value is -1.02. The van der Waals surface area contributed by atoms with Gasteiger partial charge in [0, 0.05) is 0 Å². The topological polar surface area (TPSA) is 89.0 Å². The molecule has 1 amide bonds. The van der Waals surface area contributed by atoms with Crippen molar-refractivity contribution in [3.63, 3.8) is 0 Å². The van der Waals surface area contributed by atoms with Crippen LogP contribution in [0.15, 0.2) is 6.20 Å². The predicted octanol–water partition coefficient (Wildman–Crippen LogP) is -0.772. The average Bonchev–Trinajstić information content (AvgIpc) is 2.32. The second-order valence-electron chi connectivity index (χ2n) is 1.99. The Morgan fingerprint density at radius 3 is 2.75 bits per heavy atom. The molecule has 6 nitrogen and oxygen atoms in total. The maximum absolute atomic E-state index is 11.0. The van der Waals surface area contributed by atoms with E-state index in [4.69, 9.17) is 0 Å². The molecule has 1 heterocycles. The van der Waals surface area contributed by atoms with E-state index in [9.17, 15) is 13.2 Å². The summed E-state index contributed by atoms with van der Waals surface area (Å²) in [5, 5.41) is 3.39.